The molecule has 2 rings (SSSR count). The Morgan fingerprint density at radius 2 is 1.91 bits per heavy atom. The van der Waals surface area contributed by atoms with Crippen LogP contribution >= 0.6 is 12.2 Å². The second-order valence-corrected chi connectivity index (χ2v) is 6.23. The minimum atomic E-state index is 0.484. The van der Waals surface area contributed by atoms with E-state index >= 15 is 0 Å². The summed E-state index contributed by atoms with van der Waals surface area (Å²) in [5, 5.41) is 7.04. The van der Waals surface area contributed by atoms with Crippen molar-refractivity contribution >= 4 is 23.0 Å². The summed E-state index contributed by atoms with van der Waals surface area (Å²) in [6.45, 7) is 4.29. The lowest BCUT2D eigenvalue weighted by Gasteiger charge is -2.22. The SMILES string of the molecule is CCOc1ccc(NC(=S)NCCCOC2CCCCC2)cc1. The highest BCUT2D eigenvalue weighted by molar-refractivity contribution is 7.80. The monoisotopic (exact) mass is 336 g/mol. The standard InChI is InChI=1S/C18H28N2O2S/c1-2-21-17-11-9-15(10-12-17)20-18(23)19-13-6-14-22-16-7-4-3-5-8-16/h9-12,16H,2-8,13-14H2,1H3,(H2,19,20,23). The molecule has 0 aliphatic heterocycles. The highest BCUT2D eigenvalue weighted by atomic mass is 32.1. The van der Waals surface area contributed by atoms with Crippen LogP contribution in [0.4, 0.5) is 5.69 Å². The highest BCUT2D eigenvalue weighted by Gasteiger charge is 2.12. The average molecular weight is 337 g/mol. The number of hydrogen-bond acceptors (Lipinski definition) is 3. The third-order valence-corrected chi connectivity index (χ3v) is 4.18. The average Bonchev–Trinajstić information content (AvgIpc) is 2.57. The van der Waals surface area contributed by atoms with E-state index in [1.54, 1.807) is 0 Å². The van der Waals surface area contributed by atoms with Crippen LogP contribution in [0.3, 0.4) is 0 Å². The largest absolute Gasteiger partial charge is 0.494 e. The van der Waals surface area contributed by atoms with Crippen LogP contribution in [0.2, 0.25) is 0 Å². The van der Waals surface area contributed by atoms with E-state index in [0.717, 1.165) is 31.0 Å². The summed E-state index contributed by atoms with van der Waals surface area (Å²) in [5.74, 6) is 0.872. The van der Waals surface area contributed by atoms with Gasteiger partial charge in [-0.25, -0.2) is 0 Å². The Kier molecular flexibility index (Phi) is 8.18. The first kappa shape index (κ1) is 18.0. The molecule has 0 atom stereocenters. The van der Waals surface area contributed by atoms with E-state index in [4.69, 9.17) is 21.7 Å². The van der Waals surface area contributed by atoms with E-state index in [0.29, 0.717) is 17.8 Å². The number of ether oxygens (including phenoxy) is 2. The molecule has 5 heteroatoms. The predicted molar refractivity (Wildman–Crippen MR) is 99.3 cm³/mol. The Labute approximate surface area is 144 Å². The fourth-order valence-electron chi connectivity index (χ4n) is 2.73. The Hall–Kier alpha value is -1.33. The molecule has 1 aliphatic rings. The van der Waals surface area contributed by atoms with Crippen molar-refractivity contribution in [2.45, 2.75) is 51.6 Å². The summed E-state index contributed by atoms with van der Waals surface area (Å²) in [5.41, 5.74) is 0.962. The zero-order valence-corrected chi connectivity index (χ0v) is 14.8. The summed E-state index contributed by atoms with van der Waals surface area (Å²) in [6.07, 6.45) is 7.92. The zero-order valence-electron chi connectivity index (χ0n) is 14.0. The number of nitrogens with one attached hydrogen (secondary N) is 2. The summed E-state index contributed by atoms with van der Waals surface area (Å²) in [7, 11) is 0. The van der Waals surface area contributed by atoms with Gasteiger partial charge in [0.25, 0.3) is 0 Å². The van der Waals surface area contributed by atoms with Crippen LogP contribution in [0, 0.1) is 0 Å². The third-order valence-electron chi connectivity index (χ3n) is 3.94. The van der Waals surface area contributed by atoms with Crippen molar-refractivity contribution in [3.8, 4) is 5.75 Å². The van der Waals surface area contributed by atoms with Gasteiger partial charge in [-0.1, -0.05) is 19.3 Å². The maximum Gasteiger partial charge on any atom is 0.170 e. The van der Waals surface area contributed by atoms with Crippen LogP contribution in [-0.2, 0) is 4.74 Å². The van der Waals surface area contributed by atoms with Crippen LogP contribution in [-0.4, -0.2) is 31.0 Å². The molecular formula is C18H28N2O2S. The second-order valence-electron chi connectivity index (χ2n) is 5.82. The lowest BCUT2D eigenvalue weighted by Crippen LogP contribution is -2.30. The van der Waals surface area contributed by atoms with Crippen LogP contribution in [0.1, 0.15) is 45.4 Å². The molecule has 0 spiro atoms. The molecule has 0 saturated heterocycles. The number of hydrogen-bond donors (Lipinski definition) is 2. The van der Waals surface area contributed by atoms with Crippen molar-refractivity contribution in [3.63, 3.8) is 0 Å². The van der Waals surface area contributed by atoms with Gasteiger partial charge >= 0.3 is 0 Å². The van der Waals surface area contributed by atoms with E-state index in [1.807, 2.05) is 31.2 Å². The van der Waals surface area contributed by atoms with E-state index in [9.17, 15) is 0 Å². The molecule has 1 saturated carbocycles. The number of benzene rings is 1. The van der Waals surface area contributed by atoms with Crippen molar-refractivity contribution in [1.82, 2.24) is 5.32 Å². The molecule has 0 bridgehead atoms. The van der Waals surface area contributed by atoms with Gasteiger partial charge in [0.2, 0.25) is 0 Å². The lowest BCUT2D eigenvalue weighted by atomic mass is 9.98. The summed E-state index contributed by atoms with van der Waals surface area (Å²) >= 11 is 5.30. The second kappa shape index (κ2) is 10.4. The molecule has 1 fully saturated rings. The normalized spacial score (nSPS) is 15.2. The Morgan fingerprint density at radius 1 is 1.17 bits per heavy atom. The zero-order chi connectivity index (χ0) is 16.3. The molecule has 128 valence electrons. The van der Waals surface area contributed by atoms with Gasteiger partial charge < -0.3 is 20.1 Å². The highest BCUT2D eigenvalue weighted by Crippen LogP contribution is 2.20. The molecule has 0 heterocycles. The quantitative estimate of drug-likeness (QED) is 0.552. The first-order valence-corrected chi connectivity index (χ1v) is 9.08. The van der Waals surface area contributed by atoms with E-state index in [1.165, 1.54) is 32.1 Å². The van der Waals surface area contributed by atoms with Crippen molar-refractivity contribution < 1.29 is 9.47 Å². The van der Waals surface area contributed by atoms with Gasteiger partial charge in [-0.3, -0.25) is 0 Å². The molecule has 1 aromatic carbocycles. The van der Waals surface area contributed by atoms with Crippen LogP contribution < -0.4 is 15.4 Å². The first-order chi connectivity index (χ1) is 11.3. The summed E-state index contributed by atoms with van der Waals surface area (Å²) in [4.78, 5) is 0. The molecule has 0 amide bonds. The predicted octanol–water partition coefficient (Wildman–Crippen LogP) is 4.11. The van der Waals surface area contributed by atoms with Gasteiger partial charge in [-0.05, 0) is 62.7 Å². The van der Waals surface area contributed by atoms with Crippen LogP contribution in [0.25, 0.3) is 0 Å². The molecule has 0 aromatic heterocycles. The van der Waals surface area contributed by atoms with E-state index in [2.05, 4.69) is 10.6 Å². The number of anilines is 1. The van der Waals surface area contributed by atoms with E-state index < -0.39 is 0 Å². The fraction of sp³-hybridized carbons (Fsp3) is 0.611. The molecule has 1 aromatic rings. The third kappa shape index (κ3) is 7.18. The van der Waals surface area contributed by atoms with E-state index in [-0.39, 0.29) is 0 Å². The van der Waals surface area contributed by atoms with Gasteiger partial charge in [0.05, 0.1) is 12.7 Å². The number of thiocarbonyl (C=S) groups is 1. The van der Waals surface area contributed by atoms with Crippen LogP contribution in [0.5, 0.6) is 5.75 Å². The maximum atomic E-state index is 5.90. The van der Waals surface area contributed by atoms with Gasteiger partial charge in [-0.2, -0.15) is 0 Å². The van der Waals surface area contributed by atoms with Crippen molar-refractivity contribution in [2.75, 3.05) is 25.1 Å². The molecule has 2 N–H and O–H groups in total. The summed E-state index contributed by atoms with van der Waals surface area (Å²) in [6, 6.07) is 7.80. The van der Waals surface area contributed by atoms with Gasteiger partial charge in [0.15, 0.2) is 5.11 Å². The van der Waals surface area contributed by atoms with Crippen molar-refractivity contribution in [3.05, 3.63) is 24.3 Å². The Bertz CT molecular complexity index is 459. The molecule has 4 nitrogen and oxygen atoms in total. The minimum Gasteiger partial charge on any atom is -0.494 e. The van der Waals surface area contributed by atoms with Crippen molar-refractivity contribution in [2.24, 2.45) is 0 Å². The molecule has 1 aliphatic carbocycles. The van der Waals surface area contributed by atoms with Gasteiger partial charge in [0, 0.05) is 18.8 Å². The Morgan fingerprint density at radius 3 is 2.61 bits per heavy atom. The summed E-state index contributed by atoms with van der Waals surface area (Å²) < 4.78 is 11.3. The smallest absolute Gasteiger partial charge is 0.170 e. The Balaban J connectivity index is 1.55. The van der Waals surface area contributed by atoms with Gasteiger partial charge in [0.1, 0.15) is 5.75 Å². The molecule has 0 radical (unpaired) electrons. The fourth-order valence-corrected chi connectivity index (χ4v) is 2.95. The van der Waals surface area contributed by atoms with Crippen molar-refractivity contribution in [1.29, 1.82) is 0 Å². The molecular weight excluding hydrogens is 308 g/mol. The minimum absolute atomic E-state index is 0.484. The lowest BCUT2D eigenvalue weighted by molar-refractivity contribution is 0.0277. The number of rotatable bonds is 8. The van der Waals surface area contributed by atoms with Gasteiger partial charge in [-0.15, -0.1) is 0 Å². The molecule has 0 unspecified atom stereocenters. The first-order valence-electron chi connectivity index (χ1n) is 8.67. The van der Waals surface area contributed by atoms with Crippen LogP contribution in [0.15, 0.2) is 24.3 Å². The maximum absolute atomic E-state index is 5.90. The molecule has 23 heavy (non-hydrogen) atoms. The topological polar surface area (TPSA) is 42.5 Å².